The minimum absolute atomic E-state index is 0.262. The summed E-state index contributed by atoms with van der Waals surface area (Å²) in [6.45, 7) is 11.0. The van der Waals surface area contributed by atoms with E-state index in [-0.39, 0.29) is 6.09 Å². The van der Waals surface area contributed by atoms with Gasteiger partial charge in [0.15, 0.2) is 0 Å². The van der Waals surface area contributed by atoms with Gasteiger partial charge in [0.2, 0.25) is 0 Å². The molecule has 0 unspecified atom stereocenters. The van der Waals surface area contributed by atoms with Crippen LogP contribution in [0.15, 0.2) is 60.7 Å². The second kappa shape index (κ2) is 8.32. The predicted octanol–water partition coefficient (Wildman–Crippen LogP) is 6.07. The van der Waals surface area contributed by atoms with Gasteiger partial charge >= 0.3 is 6.09 Å². The van der Waals surface area contributed by atoms with Crippen molar-refractivity contribution in [3.63, 3.8) is 0 Å². The summed E-state index contributed by atoms with van der Waals surface area (Å²) in [5.41, 5.74) is 2.65. The Kier molecular flexibility index (Phi) is 6.02. The molecule has 2 aromatic rings. The maximum absolute atomic E-state index is 12.6. The van der Waals surface area contributed by atoms with Crippen molar-refractivity contribution in [1.29, 1.82) is 0 Å². The Labute approximate surface area is 174 Å². The van der Waals surface area contributed by atoms with Crippen LogP contribution in [-0.2, 0) is 11.3 Å². The molecule has 0 spiro atoms. The lowest BCUT2D eigenvalue weighted by molar-refractivity contribution is 0.00994. The predicted molar refractivity (Wildman–Crippen MR) is 117 cm³/mol. The average molecular weight is 394 g/mol. The summed E-state index contributed by atoms with van der Waals surface area (Å²) in [6.07, 6.45) is 2.70. The maximum Gasteiger partial charge on any atom is 0.410 e. The van der Waals surface area contributed by atoms with Crippen LogP contribution in [0.3, 0.4) is 0 Å². The first-order valence-electron chi connectivity index (χ1n) is 10.1. The van der Waals surface area contributed by atoms with Gasteiger partial charge in [0.25, 0.3) is 0 Å². The highest BCUT2D eigenvalue weighted by atomic mass is 16.6. The van der Waals surface area contributed by atoms with Gasteiger partial charge in [0.05, 0.1) is 5.54 Å². The normalized spacial score (nSPS) is 16.2. The number of carbonyl (C=O) groups excluding carboxylic acids is 1. The molecule has 0 fully saturated rings. The van der Waals surface area contributed by atoms with E-state index in [0.29, 0.717) is 13.2 Å². The van der Waals surface area contributed by atoms with E-state index >= 15 is 0 Å². The minimum atomic E-state index is -0.493. The zero-order chi connectivity index (χ0) is 21.1. The van der Waals surface area contributed by atoms with Crippen LogP contribution in [-0.4, -0.2) is 28.7 Å². The summed E-state index contributed by atoms with van der Waals surface area (Å²) in [6, 6.07) is 18.3. The molecule has 0 atom stereocenters. The third kappa shape index (κ3) is 5.63. The summed E-state index contributed by atoms with van der Waals surface area (Å²) in [5.74, 6) is 0.851. The van der Waals surface area contributed by atoms with Crippen molar-refractivity contribution in [3.8, 4) is 5.75 Å². The molecular weight excluding hydrogens is 362 g/mol. The van der Waals surface area contributed by atoms with Gasteiger partial charge in [-0.15, -0.1) is 0 Å². The second-order valence-electron chi connectivity index (χ2n) is 9.00. The summed E-state index contributed by atoms with van der Waals surface area (Å²) in [5, 5.41) is 0. The molecule has 0 bridgehead atoms. The lowest BCUT2D eigenvalue weighted by atomic mass is 9.89. The van der Waals surface area contributed by atoms with Crippen LogP contribution in [0.25, 0.3) is 5.57 Å². The molecule has 4 heteroatoms. The number of benzene rings is 2. The van der Waals surface area contributed by atoms with Crippen LogP contribution in [0, 0.1) is 0 Å². The first kappa shape index (κ1) is 21.0. The molecular formula is C25H31NO3. The molecule has 0 saturated heterocycles. The molecule has 0 radical (unpaired) electrons. The van der Waals surface area contributed by atoms with Crippen LogP contribution < -0.4 is 4.74 Å². The molecule has 154 valence electrons. The van der Waals surface area contributed by atoms with Crippen molar-refractivity contribution in [1.82, 2.24) is 4.90 Å². The van der Waals surface area contributed by atoms with Crippen molar-refractivity contribution in [2.45, 2.75) is 58.8 Å². The van der Waals surface area contributed by atoms with Gasteiger partial charge in [-0.05, 0) is 69.9 Å². The Morgan fingerprint density at radius 2 is 1.69 bits per heavy atom. The molecule has 29 heavy (non-hydrogen) atoms. The van der Waals surface area contributed by atoms with Crippen molar-refractivity contribution < 1.29 is 14.3 Å². The quantitative estimate of drug-likeness (QED) is 0.633. The first-order chi connectivity index (χ1) is 13.6. The zero-order valence-electron chi connectivity index (χ0n) is 18.1. The summed E-state index contributed by atoms with van der Waals surface area (Å²) in [4.78, 5) is 14.4. The van der Waals surface area contributed by atoms with Crippen LogP contribution in [0.1, 0.15) is 52.2 Å². The third-order valence-corrected chi connectivity index (χ3v) is 4.92. The molecule has 1 heterocycles. The van der Waals surface area contributed by atoms with Crippen LogP contribution >= 0.6 is 0 Å². The number of ether oxygens (including phenoxy) is 2. The Bertz CT molecular complexity index is 861. The van der Waals surface area contributed by atoms with Crippen molar-refractivity contribution in [2.75, 3.05) is 6.54 Å². The highest BCUT2D eigenvalue weighted by molar-refractivity contribution is 5.74. The molecule has 0 N–H and O–H groups in total. The number of hydrogen-bond donors (Lipinski definition) is 0. The fourth-order valence-corrected chi connectivity index (χ4v) is 3.47. The van der Waals surface area contributed by atoms with Crippen molar-refractivity contribution in [2.24, 2.45) is 0 Å². The van der Waals surface area contributed by atoms with Gasteiger partial charge in [-0.1, -0.05) is 48.5 Å². The van der Waals surface area contributed by atoms with Gasteiger partial charge in [0, 0.05) is 6.54 Å². The Hall–Kier alpha value is -2.75. The van der Waals surface area contributed by atoms with E-state index < -0.39 is 11.1 Å². The number of hydrogen-bond acceptors (Lipinski definition) is 3. The molecule has 0 aromatic heterocycles. The van der Waals surface area contributed by atoms with Gasteiger partial charge in [-0.3, -0.25) is 4.90 Å². The maximum atomic E-state index is 12.6. The first-order valence-corrected chi connectivity index (χ1v) is 10.1. The van der Waals surface area contributed by atoms with Crippen LogP contribution in [0.2, 0.25) is 0 Å². The topological polar surface area (TPSA) is 38.8 Å². The van der Waals surface area contributed by atoms with Gasteiger partial charge in [0.1, 0.15) is 18.0 Å². The summed E-state index contributed by atoms with van der Waals surface area (Å²) >= 11 is 0. The molecule has 1 aliphatic rings. The average Bonchev–Trinajstić information content (AvgIpc) is 2.65. The van der Waals surface area contributed by atoms with E-state index in [0.717, 1.165) is 23.3 Å². The van der Waals surface area contributed by atoms with E-state index in [4.69, 9.17) is 9.47 Å². The molecule has 2 aromatic carbocycles. The molecule has 3 rings (SSSR count). The van der Waals surface area contributed by atoms with Crippen molar-refractivity contribution >= 4 is 11.7 Å². The Morgan fingerprint density at radius 1 is 1.03 bits per heavy atom. The van der Waals surface area contributed by atoms with E-state index in [9.17, 15) is 4.79 Å². The van der Waals surface area contributed by atoms with E-state index in [1.807, 2.05) is 65.0 Å². The minimum Gasteiger partial charge on any atom is -0.489 e. The highest BCUT2D eigenvalue weighted by Gasteiger charge is 2.35. The van der Waals surface area contributed by atoms with E-state index in [1.54, 1.807) is 4.90 Å². The zero-order valence-corrected chi connectivity index (χ0v) is 18.1. The van der Waals surface area contributed by atoms with Gasteiger partial charge < -0.3 is 9.47 Å². The fraction of sp³-hybridized carbons (Fsp3) is 0.400. The third-order valence-electron chi connectivity index (χ3n) is 4.92. The number of nitrogens with zero attached hydrogens (tertiary/aromatic N) is 1. The van der Waals surface area contributed by atoms with E-state index in [1.165, 1.54) is 5.57 Å². The summed E-state index contributed by atoms with van der Waals surface area (Å²) < 4.78 is 11.5. The number of carbonyl (C=O) groups is 1. The van der Waals surface area contributed by atoms with Gasteiger partial charge in [-0.25, -0.2) is 4.79 Å². The highest BCUT2D eigenvalue weighted by Crippen LogP contribution is 2.33. The largest absolute Gasteiger partial charge is 0.489 e. The Morgan fingerprint density at radius 3 is 2.28 bits per heavy atom. The summed E-state index contributed by atoms with van der Waals surface area (Å²) in [7, 11) is 0. The number of amides is 1. The standard InChI is InChI=1S/C25H31NO3/c1-24(2,3)29-23(27)26-16-15-21(17-25(26,4)5)20-11-13-22(14-12-20)28-18-19-9-7-6-8-10-19/h6-14,17H,15-16,18H2,1-5H3. The lowest BCUT2D eigenvalue weighted by Crippen LogP contribution is -2.50. The molecule has 0 saturated carbocycles. The Balaban J connectivity index is 1.67. The fourth-order valence-electron chi connectivity index (χ4n) is 3.47. The SMILES string of the molecule is CC(C)(C)OC(=O)N1CCC(c2ccc(OCc3ccccc3)cc2)=CC1(C)C. The van der Waals surface area contributed by atoms with Crippen LogP contribution in [0.5, 0.6) is 5.75 Å². The van der Waals surface area contributed by atoms with Crippen LogP contribution in [0.4, 0.5) is 4.79 Å². The second-order valence-corrected chi connectivity index (χ2v) is 9.00. The van der Waals surface area contributed by atoms with Gasteiger partial charge in [-0.2, -0.15) is 0 Å². The number of rotatable bonds is 4. The van der Waals surface area contributed by atoms with Crippen molar-refractivity contribution in [3.05, 3.63) is 71.8 Å². The monoisotopic (exact) mass is 393 g/mol. The molecule has 1 aliphatic heterocycles. The lowest BCUT2D eigenvalue weighted by Gasteiger charge is -2.41. The van der Waals surface area contributed by atoms with E-state index in [2.05, 4.69) is 30.3 Å². The smallest absolute Gasteiger partial charge is 0.410 e. The molecule has 1 amide bonds. The molecule has 0 aliphatic carbocycles. The molecule has 4 nitrogen and oxygen atoms in total.